The van der Waals surface area contributed by atoms with Crippen molar-refractivity contribution in [3.05, 3.63) is 191 Å². The van der Waals surface area contributed by atoms with Crippen molar-refractivity contribution >= 4 is 43.6 Å². The molecule has 4 atom stereocenters. The highest BCUT2D eigenvalue weighted by Gasteiger charge is 2.42. The van der Waals surface area contributed by atoms with E-state index in [1.54, 1.807) is 0 Å². The minimum atomic E-state index is 0.266. The van der Waals surface area contributed by atoms with Crippen LogP contribution in [0.15, 0.2) is 158 Å². The molecule has 2 heteroatoms. The first-order valence-corrected chi connectivity index (χ1v) is 21.8. The Hall–Kier alpha value is -6.64. The average Bonchev–Trinajstić information content (AvgIpc) is 3.79. The van der Waals surface area contributed by atoms with Crippen molar-refractivity contribution in [3.8, 4) is 44.8 Å². The number of aromatic nitrogens is 2. The Bertz CT molecular complexity index is 3130. The van der Waals surface area contributed by atoms with Gasteiger partial charge in [-0.25, -0.2) is 0 Å². The lowest BCUT2D eigenvalue weighted by atomic mass is 9.62. The van der Waals surface area contributed by atoms with Crippen molar-refractivity contribution in [2.75, 3.05) is 0 Å². The highest BCUT2D eigenvalue weighted by atomic mass is 15.0. The highest BCUT2D eigenvalue weighted by Crippen LogP contribution is 2.61. The molecule has 60 heavy (non-hydrogen) atoms. The SMILES string of the molecule is Cc1ccc(-c2ccc3c(c2)c2cc4c5c(c2n3-c2ccccc2)C(C)C(C)c2c-5c(cc3c5cc(-c6ccc(C)cc6)ccc5n(-c5ccccc5)c23)C(C)C4C)cc1. The van der Waals surface area contributed by atoms with E-state index in [0.717, 1.165) is 0 Å². The largest absolute Gasteiger partial charge is 0.309 e. The second kappa shape index (κ2) is 12.9. The van der Waals surface area contributed by atoms with Crippen LogP contribution in [0.4, 0.5) is 0 Å². The second-order valence-electron chi connectivity index (χ2n) is 18.0. The van der Waals surface area contributed by atoms with Gasteiger partial charge in [0.05, 0.1) is 22.1 Å². The number of hydrogen-bond donors (Lipinski definition) is 0. The number of fused-ring (bicyclic) bond motifs is 8. The van der Waals surface area contributed by atoms with Crippen LogP contribution < -0.4 is 0 Å². The van der Waals surface area contributed by atoms with E-state index in [1.807, 2.05) is 0 Å². The van der Waals surface area contributed by atoms with E-state index in [0.29, 0.717) is 11.8 Å². The number of para-hydroxylation sites is 2. The molecule has 0 saturated carbocycles. The maximum atomic E-state index is 2.61. The van der Waals surface area contributed by atoms with Gasteiger partial charge in [0.1, 0.15) is 0 Å². The molecule has 2 aliphatic carbocycles. The third kappa shape index (κ3) is 4.88. The quantitative estimate of drug-likeness (QED) is 0.169. The molecule has 2 aromatic heterocycles. The van der Waals surface area contributed by atoms with Gasteiger partial charge in [0, 0.05) is 32.9 Å². The molecule has 12 rings (SSSR count). The minimum Gasteiger partial charge on any atom is -0.309 e. The summed E-state index contributed by atoms with van der Waals surface area (Å²) in [6.45, 7) is 14.3. The number of aryl methyl sites for hydroxylation is 2. The molecule has 0 fully saturated rings. The standard InChI is InChI=1S/C58H48N2/c1-33-17-21-39(22-18-33)41-25-27-51-47(29-41)49-31-45-35(3)36(4)46-32-50-48-30-42(40-23-19-34(2)20-24-40)26-28-52(48)60(44-15-11-8-12-16-44)58(50)54-38(6)37(5)53(55(45)56(46)54)57(49)59(51)43-13-9-7-10-14-43/h7-32,35-38H,1-6H3. The molecule has 2 aliphatic rings. The fourth-order valence-electron chi connectivity index (χ4n) is 11.2. The van der Waals surface area contributed by atoms with Crippen LogP contribution in [-0.4, -0.2) is 9.13 Å². The fraction of sp³-hybridized carbons (Fsp3) is 0.172. The Kier molecular flexibility index (Phi) is 7.61. The minimum absolute atomic E-state index is 0.266. The molecule has 0 spiro atoms. The summed E-state index contributed by atoms with van der Waals surface area (Å²) in [6, 6.07) is 59.7. The van der Waals surface area contributed by atoms with E-state index in [2.05, 4.69) is 208 Å². The zero-order valence-corrected chi connectivity index (χ0v) is 35.2. The summed E-state index contributed by atoms with van der Waals surface area (Å²) >= 11 is 0. The van der Waals surface area contributed by atoms with Crippen LogP contribution in [0.25, 0.3) is 88.4 Å². The van der Waals surface area contributed by atoms with Crippen LogP contribution in [0.3, 0.4) is 0 Å². The molecule has 0 radical (unpaired) electrons. The van der Waals surface area contributed by atoms with Gasteiger partial charge in [-0.05, 0) is 154 Å². The molecule has 0 amide bonds. The van der Waals surface area contributed by atoms with Crippen LogP contribution >= 0.6 is 0 Å². The van der Waals surface area contributed by atoms with Crippen molar-refractivity contribution in [1.82, 2.24) is 9.13 Å². The lowest BCUT2D eigenvalue weighted by Crippen LogP contribution is -2.24. The van der Waals surface area contributed by atoms with Crippen molar-refractivity contribution in [2.24, 2.45) is 0 Å². The smallest absolute Gasteiger partial charge is 0.0582 e. The normalized spacial score (nSPS) is 18.2. The van der Waals surface area contributed by atoms with Gasteiger partial charge in [-0.1, -0.05) is 136 Å². The number of hydrogen-bond acceptors (Lipinski definition) is 0. The van der Waals surface area contributed by atoms with Gasteiger partial charge in [0.15, 0.2) is 0 Å². The molecule has 0 bridgehead atoms. The van der Waals surface area contributed by atoms with Crippen LogP contribution in [0.5, 0.6) is 0 Å². The van der Waals surface area contributed by atoms with Gasteiger partial charge < -0.3 is 9.13 Å². The molecule has 0 aliphatic heterocycles. The summed E-state index contributed by atoms with van der Waals surface area (Å²) in [5.41, 5.74) is 24.2. The van der Waals surface area contributed by atoms with Gasteiger partial charge in [0.2, 0.25) is 0 Å². The molecule has 10 aromatic rings. The predicted octanol–water partition coefficient (Wildman–Crippen LogP) is 15.9. The summed E-state index contributed by atoms with van der Waals surface area (Å²) in [7, 11) is 0. The predicted molar refractivity (Wildman–Crippen MR) is 255 cm³/mol. The Morgan fingerprint density at radius 2 is 0.717 bits per heavy atom. The van der Waals surface area contributed by atoms with Gasteiger partial charge in [-0.3, -0.25) is 0 Å². The Morgan fingerprint density at radius 1 is 0.350 bits per heavy atom. The van der Waals surface area contributed by atoms with Gasteiger partial charge in [-0.2, -0.15) is 0 Å². The third-order valence-electron chi connectivity index (χ3n) is 14.7. The summed E-state index contributed by atoms with van der Waals surface area (Å²) in [5, 5.41) is 5.38. The van der Waals surface area contributed by atoms with Crippen molar-refractivity contribution < 1.29 is 0 Å². The zero-order valence-electron chi connectivity index (χ0n) is 35.2. The molecule has 0 N–H and O–H groups in total. The lowest BCUT2D eigenvalue weighted by Gasteiger charge is -2.42. The zero-order chi connectivity index (χ0) is 40.6. The first-order valence-electron chi connectivity index (χ1n) is 21.8. The maximum Gasteiger partial charge on any atom is 0.0582 e. The first-order chi connectivity index (χ1) is 29.3. The van der Waals surface area contributed by atoms with Crippen LogP contribution in [-0.2, 0) is 0 Å². The Balaban J connectivity index is 1.22. The number of nitrogens with zero attached hydrogens (tertiary/aromatic N) is 2. The monoisotopic (exact) mass is 772 g/mol. The highest BCUT2D eigenvalue weighted by molar-refractivity contribution is 6.17. The molecule has 0 saturated heterocycles. The van der Waals surface area contributed by atoms with E-state index in [9.17, 15) is 0 Å². The molecular weight excluding hydrogens is 725 g/mol. The van der Waals surface area contributed by atoms with Gasteiger partial charge >= 0.3 is 0 Å². The van der Waals surface area contributed by atoms with Gasteiger partial charge in [-0.15, -0.1) is 0 Å². The lowest BCUT2D eigenvalue weighted by molar-refractivity contribution is 0.584. The van der Waals surface area contributed by atoms with E-state index >= 15 is 0 Å². The molecule has 2 nitrogen and oxygen atoms in total. The first kappa shape index (κ1) is 35.3. The average molecular weight is 773 g/mol. The van der Waals surface area contributed by atoms with E-state index < -0.39 is 0 Å². The second-order valence-corrected chi connectivity index (χ2v) is 18.0. The number of benzene rings is 8. The van der Waals surface area contributed by atoms with Crippen LogP contribution in [0.2, 0.25) is 0 Å². The van der Waals surface area contributed by atoms with Crippen LogP contribution in [0, 0.1) is 13.8 Å². The summed E-state index contributed by atoms with van der Waals surface area (Å²) in [6.07, 6.45) is 0. The maximum absolute atomic E-state index is 2.61. The van der Waals surface area contributed by atoms with E-state index in [1.165, 1.54) is 122 Å². The summed E-state index contributed by atoms with van der Waals surface area (Å²) in [5.74, 6) is 1.23. The number of rotatable bonds is 4. The molecule has 4 unspecified atom stereocenters. The van der Waals surface area contributed by atoms with Gasteiger partial charge in [0.25, 0.3) is 0 Å². The van der Waals surface area contributed by atoms with Crippen molar-refractivity contribution in [1.29, 1.82) is 0 Å². The Labute approximate surface area is 352 Å². The molecular formula is C58H48N2. The molecule has 290 valence electrons. The molecule has 2 heterocycles. The molecule has 8 aromatic carbocycles. The fourth-order valence-corrected chi connectivity index (χ4v) is 11.2. The summed E-state index contributed by atoms with van der Waals surface area (Å²) in [4.78, 5) is 0. The van der Waals surface area contributed by atoms with Crippen LogP contribution in [0.1, 0.15) is 84.7 Å². The van der Waals surface area contributed by atoms with E-state index in [4.69, 9.17) is 0 Å². The van der Waals surface area contributed by atoms with Crippen molar-refractivity contribution in [3.63, 3.8) is 0 Å². The summed E-state index contributed by atoms with van der Waals surface area (Å²) < 4.78 is 5.17. The Morgan fingerprint density at radius 3 is 1.10 bits per heavy atom. The topological polar surface area (TPSA) is 9.86 Å². The van der Waals surface area contributed by atoms with E-state index in [-0.39, 0.29) is 11.8 Å². The third-order valence-corrected chi connectivity index (χ3v) is 14.7. The van der Waals surface area contributed by atoms with Crippen molar-refractivity contribution in [2.45, 2.75) is 65.2 Å².